The molecular formula is C17H25N3O2. The lowest BCUT2D eigenvalue weighted by atomic mass is 10.0. The maximum atomic E-state index is 11.0. The van der Waals surface area contributed by atoms with E-state index >= 15 is 0 Å². The SMILES string of the molecule is CCOCCN(C)/C(C)=N/N=C/c1cc(C=O)c(C)cc1C. The Morgan fingerprint density at radius 1 is 1.27 bits per heavy atom. The van der Waals surface area contributed by atoms with Crippen molar-refractivity contribution in [3.63, 3.8) is 0 Å². The molecule has 0 heterocycles. The summed E-state index contributed by atoms with van der Waals surface area (Å²) in [7, 11) is 1.95. The number of benzene rings is 1. The Kier molecular flexibility index (Phi) is 7.46. The summed E-state index contributed by atoms with van der Waals surface area (Å²) >= 11 is 0. The standard InChI is InChI=1S/C17H25N3O2/c1-6-22-8-7-20(5)15(4)19-18-11-16-10-17(12-21)14(3)9-13(16)2/h9-12H,6-8H2,1-5H3/b18-11+,19-15+. The summed E-state index contributed by atoms with van der Waals surface area (Å²) in [4.78, 5) is 13.0. The molecule has 5 heteroatoms. The van der Waals surface area contributed by atoms with E-state index in [1.807, 2.05) is 51.8 Å². The van der Waals surface area contributed by atoms with Crippen LogP contribution in [0.1, 0.15) is 40.9 Å². The normalized spacial score (nSPS) is 12.0. The van der Waals surface area contributed by atoms with E-state index in [4.69, 9.17) is 4.74 Å². The number of aldehydes is 1. The molecule has 0 aliphatic carbocycles. The number of hydrogen-bond acceptors (Lipinski definition) is 4. The van der Waals surface area contributed by atoms with E-state index in [1.54, 1.807) is 6.21 Å². The quantitative estimate of drug-likeness (QED) is 0.256. The molecule has 22 heavy (non-hydrogen) atoms. The minimum atomic E-state index is 0.670. The molecule has 0 bridgehead atoms. The maximum absolute atomic E-state index is 11.0. The molecule has 0 spiro atoms. The first-order chi connectivity index (χ1) is 10.5. The molecule has 0 saturated carbocycles. The van der Waals surface area contributed by atoms with Gasteiger partial charge in [0.1, 0.15) is 12.1 Å². The smallest absolute Gasteiger partial charge is 0.150 e. The number of rotatable bonds is 7. The summed E-state index contributed by atoms with van der Waals surface area (Å²) in [6, 6.07) is 3.82. The molecule has 0 fully saturated rings. The van der Waals surface area contributed by atoms with Gasteiger partial charge in [0, 0.05) is 25.8 Å². The van der Waals surface area contributed by atoms with Gasteiger partial charge >= 0.3 is 0 Å². The van der Waals surface area contributed by atoms with Gasteiger partial charge in [-0.3, -0.25) is 4.79 Å². The molecule has 1 aromatic carbocycles. The number of aryl methyl sites for hydroxylation is 2. The van der Waals surface area contributed by atoms with Crippen molar-refractivity contribution in [3.05, 3.63) is 34.4 Å². The first kappa shape index (κ1) is 18.0. The van der Waals surface area contributed by atoms with Gasteiger partial charge < -0.3 is 9.64 Å². The summed E-state index contributed by atoms with van der Waals surface area (Å²) in [5.41, 5.74) is 3.63. The van der Waals surface area contributed by atoms with E-state index in [0.717, 1.165) is 35.4 Å². The van der Waals surface area contributed by atoms with Crippen LogP contribution in [0.3, 0.4) is 0 Å². The van der Waals surface area contributed by atoms with Crippen LogP contribution in [0.5, 0.6) is 0 Å². The van der Waals surface area contributed by atoms with Crippen LogP contribution in [-0.4, -0.2) is 50.0 Å². The number of hydrogen-bond donors (Lipinski definition) is 0. The molecule has 0 radical (unpaired) electrons. The van der Waals surface area contributed by atoms with Gasteiger partial charge in [0.15, 0.2) is 0 Å². The van der Waals surface area contributed by atoms with E-state index in [9.17, 15) is 4.79 Å². The lowest BCUT2D eigenvalue weighted by Crippen LogP contribution is -2.27. The number of ether oxygens (including phenoxy) is 1. The number of carbonyl (C=O) groups excluding carboxylic acids is 1. The predicted molar refractivity (Wildman–Crippen MR) is 91.1 cm³/mol. The summed E-state index contributed by atoms with van der Waals surface area (Å²) in [5, 5.41) is 8.31. The second kappa shape index (κ2) is 9.10. The highest BCUT2D eigenvalue weighted by Crippen LogP contribution is 2.13. The monoisotopic (exact) mass is 303 g/mol. The van der Waals surface area contributed by atoms with Crippen LogP contribution in [0, 0.1) is 13.8 Å². The summed E-state index contributed by atoms with van der Waals surface area (Å²) in [6.07, 6.45) is 2.55. The van der Waals surface area contributed by atoms with E-state index in [-0.39, 0.29) is 0 Å². The zero-order valence-electron chi connectivity index (χ0n) is 14.1. The van der Waals surface area contributed by atoms with Crippen molar-refractivity contribution in [2.24, 2.45) is 10.2 Å². The highest BCUT2D eigenvalue weighted by Gasteiger charge is 2.03. The molecule has 0 aliphatic rings. The highest BCUT2D eigenvalue weighted by molar-refractivity contribution is 5.88. The predicted octanol–water partition coefficient (Wildman–Crippen LogP) is 2.84. The maximum Gasteiger partial charge on any atom is 0.150 e. The number of amidine groups is 1. The van der Waals surface area contributed by atoms with Crippen molar-refractivity contribution in [2.75, 3.05) is 26.8 Å². The molecule has 5 nitrogen and oxygen atoms in total. The van der Waals surface area contributed by atoms with Gasteiger partial charge in [0.25, 0.3) is 0 Å². The second-order valence-electron chi connectivity index (χ2n) is 5.19. The molecule has 0 saturated heterocycles. The fourth-order valence-electron chi connectivity index (χ4n) is 1.91. The van der Waals surface area contributed by atoms with Crippen LogP contribution < -0.4 is 0 Å². The first-order valence-corrected chi connectivity index (χ1v) is 7.42. The molecule has 1 aromatic rings. The molecule has 0 unspecified atom stereocenters. The van der Waals surface area contributed by atoms with Crippen LogP contribution >= 0.6 is 0 Å². The molecule has 0 aliphatic heterocycles. The topological polar surface area (TPSA) is 54.3 Å². The van der Waals surface area contributed by atoms with E-state index in [1.165, 1.54) is 0 Å². The fraction of sp³-hybridized carbons (Fsp3) is 0.471. The Morgan fingerprint density at radius 3 is 2.59 bits per heavy atom. The summed E-state index contributed by atoms with van der Waals surface area (Å²) in [6.45, 7) is 9.96. The van der Waals surface area contributed by atoms with Gasteiger partial charge in [0.05, 0.1) is 12.8 Å². The van der Waals surface area contributed by atoms with Gasteiger partial charge in [-0.25, -0.2) is 0 Å². The first-order valence-electron chi connectivity index (χ1n) is 7.42. The number of nitrogens with zero attached hydrogens (tertiary/aromatic N) is 3. The average molecular weight is 303 g/mol. The van der Waals surface area contributed by atoms with E-state index in [0.29, 0.717) is 18.8 Å². The Balaban J connectivity index is 2.75. The van der Waals surface area contributed by atoms with Crippen molar-refractivity contribution >= 4 is 18.3 Å². The Hall–Kier alpha value is -2.01. The van der Waals surface area contributed by atoms with Crippen molar-refractivity contribution in [3.8, 4) is 0 Å². The molecule has 0 aromatic heterocycles. The van der Waals surface area contributed by atoms with Gasteiger partial charge in [0.2, 0.25) is 0 Å². The lowest BCUT2D eigenvalue weighted by molar-refractivity contribution is 0.112. The minimum Gasteiger partial charge on any atom is -0.380 e. The molecule has 0 N–H and O–H groups in total. The largest absolute Gasteiger partial charge is 0.380 e. The van der Waals surface area contributed by atoms with Gasteiger partial charge in [-0.1, -0.05) is 6.07 Å². The number of likely N-dealkylation sites (N-methyl/N-ethyl adjacent to an activating group) is 1. The molecule has 0 amide bonds. The van der Waals surface area contributed by atoms with Gasteiger partial charge in [-0.15, -0.1) is 5.10 Å². The van der Waals surface area contributed by atoms with Crippen LogP contribution in [0.25, 0.3) is 0 Å². The van der Waals surface area contributed by atoms with E-state index in [2.05, 4.69) is 10.2 Å². The van der Waals surface area contributed by atoms with Gasteiger partial charge in [-0.05, 0) is 50.5 Å². The van der Waals surface area contributed by atoms with Crippen LogP contribution in [0.4, 0.5) is 0 Å². The van der Waals surface area contributed by atoms with Crippen LogP contribution in [0.15, 0.2) is 22.3 Å². The Bertz CT molecular complexity index is 565. The van der Waals surface area contributed by atoms with Gasteiger partial charge in [-0.2, -0.15) is 5.10 Å². The molecule has 120 valence electrons. The average Bonchev–Trinajstić information content (AvgIpc) is 2.49. The van der Waals surface area contributed by atoms with Crippen molar-refractivity contribution < 1.29 is 9.53 Å². The molecule has 1 rings (SSSR count). The second-order valence-corrected chi connectivity index (χ2v) is 5.19. The zero-order valence-corrected chi connectivity index (χ0v) is 14.1. The highest BCUT2D eigenvalue weighted by atomic mass is 16.5. The van der Waals surface area contributed by atoms with Crippen molar-refractivity contribution in [2.45, 2.75) is 27.7 Å². The van der Waals surface area contributed by atoms with E-state index < -0.39 is 0 Å². The van der Waals surface area contributed by atoms with Crippen LogP contribution in [0.2, 0.25) is 0 Å². The lowest BCUT2D eigenvalue weighted by Gasteiger charge is -2.17. The third kappa shape index (κ3) is 5.41. The zero-order chi connectivity index (χ0) is 16.5. The fourth-order valence-corrected chi connectivity index (χ4v) is 1.91. The Labute approximate surface area is 132 Å². The summed E-state index contributed by atoms with van der Waals surface area (Å²) < 4.78 is 5.31. The van der Waals surface area contributed by atoms with Crippen molar-refractivity contribution in [1.29, 1.82) is 0 Å². The molecule has 0 atom stereocenters. The van der Waals surface area contributed by atoms with Crippen molar-refractivity contribution in [1.82, 2.24) is 4.90 Å². The molecular weight excluding hydrogens is 278 g/mol. The Morgan fingerprint density at radius 2 is 1.95 bits per heavy atom. The number of carbonyl (C=O) groups is 1. The third-order valence-electron chi connectivity index (χ3n) is 3.51. The van der Waals surface area contributed by atoms with Crippen LogP contribution in [-0.2, 0) is 4.74 Å². The third-order valence-corrected chi connectivity index (χ3v) is 3.51. The summed E-state index contributed by atoms with van der Waals surface area (Å²) in [5.74, 6) is 0.816. The minimum absolute atomic E-state index is 0.670.